The number of benzene rings is 1. The first kappa shape index (κ1) is 9.32. The molecule has 1 aromatic heterocycles. The third-order valence-corrected chi connectivity index (χ3v) is 2.68. The number of furan rings is 1. The molecule has 0 aliphatic rings. The normalized spacial score (nSPS) is 11.5. The highest BCUT2D eigenvalue weighted by Crippen LogP contribution is 2.30. The predicted molar refractivity (Wildman–Crippen MR) is 59.8 cm³/mol. The lowest BCUT2D eigenvalue weighted by Crippen LogP contribution is -1.88. The lowest BCUT2D eigenvalue weighted by atomic mass is 9.99. The molecule has 0 saturated heterocycles. The standard InChI is InChI=1S/C13H16O/c1-8(2)11-6-5-9(3)12-7-10(4)14-13(11)12/h5-8H,1-4H3. The molecule has 0 radical (unpaired) electrons. The Balaban J connectivity index is 2.81. The summed E-state index contributed by atoms with van der Waals surface area (Å²) in [6, 6.07) is 6.47. The molecule has 1 heteroatoms. The Morgan fingerprint density at radius 3 is 2.50 bits per heavy atom. The first-order valence-electron chi connectivity index (χ1n) is 5.09. The van der Waals surface area contributed by atoms with Gasteiger partial charge in [-0.25, -0.2) is 0 Å². The van der Waals surface area contributed by atoms with Crippen molar-refractivity contribution in [2.45, 2.75) is 33.6 Å². The van der Waals surface area contributed by atoms with Gasteiger partial charge in [-0.15, -0.1) is 0 Å². The minimum atomic E-state index is 0.517. The summed E-state index contributed by atoms with van der Waals surface area (Å²) < 4.78 is 5.74. The van der Waals surface area contributed by atoms with E-state index >= 15 is 0 Å². The minimum Gasteiger partial charge on any atom is -0.461 e. The molecule has 1 aromatic carbocycles. The molecule has 0 unspecified atom stereocenters. The molecule has 74 valence electrons. The number of hydrogen-bond acceptors (Lipinski definition) is 1. The summed E-state index contributed by atoms with van der Waals surface area (Å²) >= 11 is 0. The van der Waals surface area contributed by atoms with Gasteiger partial charge in [-0.05, 0) is 37.0 Å². The maximum absolute atomic E-state index is 5.74. The van der Waals surface area contributed by atoms with Crippen molar-refractivity contribution >= 4 is 11.0 Å². The quantitative estimate of drug-likeness (QED) is 0.654. The highest BCUT2D eigenvalue weighted by atomic mass is 16.3. The predicted octanol–water partition coefficient (Wildman–Crippen LogP) is 4.17. The number of fused-ring (bicyclic) bond motifs is 1. The van der Waals surface area contributed by atoms with Crippen molar-refractivity contribution in [1.82, 2.24) is 0 Å². The zero-order valence-electron chi connectivity index (χ0n) is 9.22. The van der Waals surface area contributed by atoms with Crippen molar-refractivity contribution in [3.05, 3.63) is 35.1 Å². The Hall–Kier alpha value is -1.24. The zero-order chi connectivity index (χ0) is 10.3. The molecule has 0 aliphatic carbocycles. The van der Waals surface area contributed by atoms with E-state index in [4.69, 9.17) is 4.42 Å². The second-order valence-corrected chi connectivity index (χ2v) is 4.23. The van der Waals surface area contributed by atoms with E-state index in [-0.39, 0.29) is 0 Å². The Kier molecular flexibility index (Phi) is 2.10. The van der Waals surface area contributed by atoms with E-state index in [0.717, 1.165) is 11.3 Å². The van der Waals surface area contributed by atoms with Crippen LogP contribution in [-0.2, 0) is 0 Å². The number of hydrogen-bond donors (Lipinski definition) is 0. The third kappa shape index (κ3) is 1.33. The van der Waals surface area contributed by atoms with E-state index in [1.165, 1.54) is 16.5 Å². The molecular weight excluding hydrogens is 172 g/mol. The van der Waals surface area contributed by atoms with Gasteiger partial charge in [-0.1, -0.05) is 26.0 Å². The van der Waals surface area contributed by atoms with Crippen LogP contribution in [0.15, 0.2) is 22.6 Å². The summed E-state index contributed by atoms with van der Waals surface area (Å²) in [6.45, 7) is 8.52. The molecule has 0 N–H and O–H groups in total. The fourth-order valence-corrected chi connectivity index (χ4v) is 1.86. The van der Waals surface area contributed by atoms with Gasteiger partial charge in [-0.3, -0.25) is 0 Å². The maximum Gasteiger partial charge on any atom is 0.137 e. The van der Waals surface area contributed by atoms with Crippen molar-refractivity contribution in [2.75, 3.05) is 0 Å². The Morgan fingerprint density at radius 1 is 1.14 bits per heavy atom. The van der Waals surface area contributed by atoms with Crippen LogP contribution in [0, 0.1) is 13.8 Å². The van der Waals surface area contributed by atoms with E-state index in [1.807, 2.05) is 6.92 Å². The van der Waals surface area contributed by atoms with Crippen LogP contribution in [-0.4, -0.2) is 0 Å². The first-order chi connectivity index (χ1) is 6.59. The fraction of sp³-hybridized carbons (Fsp3) is 0.385. The van der Waals surface area contributed by atoms with Crippen LogP contribution in [0.3, 0.4) is 0 Å². The zero-order valence-corrected chi connectivity index (χ0v) is 9.22. The number of rotatable bonds is 1. The molecule has 0 atom stereocenters. The third-order valence-electron chi connectivity index (χ3n) is 2.68. The van der Waals surface area contributed by atoms with E-state index in [0.29, 0.717) is 5.92 Å². The summed E-state index contributed by atoms with van der Waals surface area (Å²) in [5, 5.41) is 1.26. The molecule has 0 saturated carbocycles. The smallest absolute Gasteiger partial charge is 0.137 e. The van der Waals surface area contributed by atoms with Crippen LogP contribution in [0.2, 0.25) is 0 Å². The average Bonchev–Trinajstić information content (AvgIpc) is 2.47. The first-order valence-corrected chi connectivity index (χ1v) is 5.09. The topological polar surface area (TPSA) is 13.1 Å². The van der Waals surface area contributed by atoms with Crippen LogP contribution >= 0.6 is 0 Å². The van der Waals surface area contributed by atoms with Crippen molar-refractivity contribution < 1.29 is 4.42 Å². The monoisotopic (exact) mass is 188 g/mol. The van der Waals surface area contributed by atoms with Crippen molar-refractivity contribution in [1.29, 1.82) is 0 Å². The summed E-state index contributed by atoms with van der Waals surface area (Å²) in [6.07, 6.45) is 0. The van der Waals surface area contributed by atoms with Crippen LogP contribution in [0.25, 0.3) is 11.0 Å². The minimum absolute atomic E-state index is 0.517. The van der Waals surface area contributed by atoms with Gasteiger partial charge in [0, 0.05) is 5.39 Å². The second-order valence-electron chi connectivity index (χ2n) is 4.23. The van der Waals surface area contributed by atoms with Crippen molar-refractivity contribution in [2.24, 2.45) is 0 Å². The molecule has 0 amide bonds. The summed E-state index contributed by atoms with van der Waals surface area (Å²) in [7, 11) is 0. The Bertz CT molecular complexity index is 463. The average molecular weight is 188 g/mol. The van der Waals surface area contributed by atoms with Gasteiger partial charge in [0.25, 0.3) is 0 Å². The highest BCUT2D eigenvalue weighted by molar-refractivity contribution is 5.84. The summed E-state index contributed by atoms with van der Waals surface area (Å²) in [4.78, 5) is 0. The molecule has 2 aromatic rings. The largest absolute Gasteiger partial charge is 0.461 e. The van der Waals surface area contributed by atoms with E-state index in [9.17, 15) is 0 Å². The molecule has 0 bridgehead atoms. The molecule has 2 rings (SSSR count). The highest BCUT2D eigenvalue weighted by Gasteiger charge is 2.10. The van der Waals surface area contributed by atoms with Gasteiger partial charge in [-0.2, -0.15) is 0 Å². The van der Waals surface area contributed by atoms with Gasteiger partial charge < -0.3 is 4.42 Å². The summed E-state index contributed by atoms with van der Waals surface area (Å²) in [5.41, 5.74) is 3.66. The van der Waals surface area contributed by atoms with Crippen LogP contribution in [0.1, 0.15) is 36.7 Å². The molecule has 1 heterocycles. The van der Waals surface area contributed by atoms with Crippen molar-refractivity contribution in [3.63, 3.8) is 0 Å². The van der Waals surface area contributed by atoms with Gasteiger partial charge in [0.05, 0.1) is 0 Å². The molecular formula is C13H16O. The molecule has 14 heavy (non-hydrogen) atoms. The maximum atomic E-state index is 5.74. The van der Waals surface area contributed by atoms with E-state index < -0.39 is 0 Å². The van der Waals surface area contributed by atoms with E-state index in [1.54, 1.807) is 0 Å². The summed E-state index contributed by atoms with van der Waals surface area (Å²) in [5.74, 6) is 1.51. The van der Waals surface area contributed by atoms with Crippen LogP contribution in [0.5, 0.6) is 0 Å². The van der Waals surface area contributed by atoms with Crippen molar-refractivity contribution in [3.8, 4) is 0 Å². The SMILES string of the molecule is Cc1cc2c(C)ccc(C(C)C)c2o1. The van der Waals surface area contributed by atoms with Gasteiger partial charge in [0.2, 0.25) is 0 Å². The van der Waals surface area contributed by atoms with Crippen LogP contribution < -0.4 is 0 Å². The Morgan fingerprint density at radius 2 is 1.86 bits per heavy atom. The van der Waals surface area contributed by atoms with Crippen LogP contribution in [0.4, 0.5) is 0 Å². The Labute approximate surface area is 84.7 Å². The lowest BCUT2D eigenvalue weighted by Gasteiger charge is -2.06. The molecule has 0 fully saturated rings. The van der Waals surface area contributed by atoms with Gasteiger partial charge in [0.15, 0.2) is 0 Å². The fourth-order valence-electron chi connectivity index (χ4n) is 1.86. The van der Waals surface area contributed by atoms with Gasteiger partial charge in [0.1, 0.15) is 11.3 Å². The van der Waals surface area contributed by atoms with E-state index in [2.05, 4.69) is 39.0 Å². The van der Waals surface area contributed by atoms with Gasteiger partial charge >= 0.3 is 0 Å². The molecule has 0 aliphatic heterocycles. The second kappa shape index (κ2) is 3.16. The molecule has 1 nitrogen and oxygen atoms in total. The lowest BCUT2D eigenvalue weighted by molar-refractivity contribution is 0.572. The molecule has 0 spiro atoms. The number of aryl methyl sites for hydroxylation is 2.